The zero-order valence-electron chi connectivity index (χ0n) is 16.9. The minimum absolute atomic E-state index is 0.00986. The molecule has 3 heteroatoms. The van der Waals surface area contributed by atoms with Crippen LogP contribution in [-0.4, -0.2) is 14.3 Å². The highest BCUT2D eigenvalue weighted by Crippen LogP contribution is 2.12. The van der Waals surface area contributed by atoms with Gasteiger partial charge in [0.15, 0.2) is 0 Å². The second-order valence-corrected chi connectivity index (χ2v) is 12.3. The summed E-state index contributed by atoms with van der Waals surface area (Å²) < 4.78 is 5.45. The second-order valence-electron chi connectivity index (χ2n) is 7.92. The van der Waals surface area contributed by atoms with Crippen molar-refractivity contribution in [2.75, 3.05) is 0 Å². The summed E-state index contributed by atoms with van der Waals surface area (Å²) in [4.78, 5) is 11.6. The third-order valence-electron chi connectivity index (χ3n) is 4.06. The summed E-state index contributed by atoms with van der Waals surface area (Å²) >= 11 is 0. The fraction of sp³-hybridized carbons (Fsp3) is 0.857. The van der Waals surface area contributed by atoms with Gasteiger partial charge in [-0.05, 0) is 51.7 Å². The first-order valence-corrected chi connectivity index (χ1v) is 13.7. The minimum Gasteiger partial charge on any atom is -0.520 e. The lowest BCUT2D eigenvalue weighted by Crippen LogP contribution is -2.28. The molecule has 0 rings (SSSR count). The first-order valence-electron chi connectivity index (χ1n) is 10.3. The Morgan fingerprint density at radius 1 is 0.750 bits per heavy atom. The summed E-state index contributed by atoms with van der Waals surface area (Å²) in [5.74, 6) is 0.00986. The van der Waals surface area contributed by atoms with Crippen LogP contribution in [0.15, 0.2) is 12.2 Å². The second kappa shape index (κ2) is 15.9. The van der Waals surface area contributed by atoms with Crippen LogP contribution in [0, 0.1) is 0 Å². The number of hydrogen-bond acceptors (Lipinski definition) is 2. The van der Waals surface area contributed by atoms with E-state index in [0.717, 1.165) is 6.42 Å². The lowest BCUT2D eigenvalue weighted by molar-refractivity contribution is -0.135. The van der Waals surface area contributed by atoms with Crippen molar-refractivity contribution in [3.8, 4) is 0 Å². The van der Waals surface area contributed by atoms with E-state index in [2.05, 4.69) is 38.7 Å². The van der Waals surface area contributed by atoms with Crippen LogP contribution < -0.4 is 0 Å². The molecule has 0 unspecified atom stereocenters. The topological polar surface area (TPSA) is 26.3 Å². The molecule has 0 aromatic heterocycles. The van der Waals surface area contributed by atoms with Crippen LogP contribution >= 0.6 is 0 Å². The van der Waals surface area contributed by atoms with Crippen molar-refractivity contribution in [2.45, 2.75) is 116 Å². The van der Waals surface area contributed by atoms with Crippen molar-refractivity contribution in [2.24, 2.45) is 0 Å². The fourth-order valence-electron chi connectivity index (χ4n) is 2.73. The standard InChI is InChI=1S/C21H42O2Si/c1-5-6-7-8-9-10-11-12-13-14-15-16-17-18-19-20-21(22)23-24(2,3)4/h10-11H,5-9,12-20H2,1-4H3/b11-10-. The largest absolute Gasteiger partial charge is 0.520 e. The zero-order chi connectivity index (χ0) is 18.1. The molecule has 0 spiro atoms. The van der Waals surface area contributed by atoms with E-state index in [4.69, 9.17) is 4.43 Å². The molecule has 0 saturated heterocycles. The molecule has 0 amide bonds. The number of allylic oxidation sites excluding steroid dienone is 2. The van der Waals surface area contributed by atoms with E-state index >= 15 is 0 Å². The molecular formula is C21H42O2Si. The van der Waals surface area contributed by atoms with E-state index in [1.807, 2.05) is 0 Å². The first-order chi connectivity index (χ1) is 11.5. The summed E-state index contributed by atoms with van der Waals surface area (Å²) in [5, 5.41) is 0. The van der Waals surface area contributed by atoms with Gasteiger partial charge >= 0.3 is 0 Å². The molecule has 0 radical (unpaired) electrons. The summed E-state index contributed by atoms with van der Waals surface area (Å²) in [7, 11) is -1.68. The molecule has 0 heterocycles. The van der Waals surface area contributed by atoms with Crippen molar-refractivity contribution < 1.29 is 9.22 Å². The van der Waals surface area contributed by atoms with Crippen molar-refractivity contribution in [3.63, 3.8) is 0 Å². The zero-order valence-corrected chi connectivity index (χ0v) is 17.9. The molecule has 0 saturated carbocycles. The average molecular weight is 355 g/mol. The van der Waals surface area contributed by atoms with Crippen molar-refractivity contribution in [1.29, 1.82) is 0 Å². The maximum Gasteiger partial charge on any atom is 0.292 e. The Kier molecular flexibility index (Phi) is 15.5. The Labute approximate surface area is 152 Å². The Bertz CT molecular complexity index is 318. The molecule has 0 aliphatic heterocycles. The van der Waals surface area contributed by atoms with Gasteiger partial charge in [0.25, 0.3) is 5.97 Å². The predicted octanol–water partition coefficient (Wildman–Crippen LogP) is 7.40. The van der Waals surface area contributed by atoms with E-state index in [1.54, 1.807) is 0 Å². The molecule has 24 heavy (non-hydrogen) atoms. The molecule has 0 atom stereocenters. The van der Waals surface area contributed by atoms with Crippen LogP contribution in [0.1, 0.15) is 96.8 Å². The third-order valence-corrected chi connectivity index (χ3v) is 4.90. The fourth-order valence-corrected chi connectivity index (χ4v) is 3.52. The van der Waals surface area contributed by atoms with Gasteiger partial charge < -0.3 is 4.43 Å². The molecule has 0 N–H and O–H groups in total. The van der Waals surface area contributed by atoms with Crippen LogP contribution in [0.3, 0.4) is 0 Å². The van der Waals surface area contributed by atoms with Gasteiger partial charge in [-0.3, -0.25) is 4.79 Å². The molecular weight excluding hydrogens is 312 g/mol. The van der Waals surface area contributed by atoms with Crippen LogP contribution in [0.25, 0.3) is 0 Å². The van der Waals surface area contributed by atoms with E-state index in [-0.39, 0.29) is 5.97 Å². The predicted molar refractivity (Wildman–Crippen MR) is 109 cm³/mol. The number of unbranched alkanes of at least 4 members (excludes halogenated alkanes) is 11. The summed E-state index contributed by atoms with van der Waals surface area (Å²) in [6, 6.07) is 0. The van der Waals surface area contributed by atoms with Crippen LogP contribution in [0.4, 0.5) is 0 Å². The lowest BCUT2D eigenvalue weighted by atomic mass is 10.1. The normalized spacial score (nSPS) is 12.0. The van der Waals surface area contributed by atoms with Crippen molar-refractivity contribution in [1.82, 2.24) is 0 Å². The lowest BCUT2D eigenvalue weighted by Gasteiger charge is -2.17. The number of hydrogen-bond donors (Lipinski definition) is 0. The van der Waals surface area contributed by atoms with Crippen LogP contribution in [0.5, 0.6) is 0 Å². The quantitative estimate of drug-likeness (QED) is 0.164. The molecule has 0 aliphatic carbocycles. The smallest absolute Gasteiger partial charge is 0.292 e. The molecule has 2 nitrogen and oxygen atoms in total. The Balaban J connectivity index is 3.23. The minimum atomic E-state index is -1.68. The van der Waals surface area contributed by atoms with Gasteiger partial charge in [0.1, 0.15) is 0 Å². The Morgan fingerprint density at radius 3 is 1.71 bits per heavy atom. The number of rotatable bonds is 16. The van der Waals surface area contributed by atoms with Gasteiger partial charge in [0.2, 0.25) is 8.32 Å². The van der Waals surface area contributed by atoms with Gasteiger partial charge in [-0.2, -0.15) is 0 Å². The van der Waals surface area contributed by atoms with Gasteiger partial charge in [0.05, 0.1) is 0 Å². The highest BCUT2D eigenvalue weighted by atomic mass is 28.4. The van der Waals surface area contributed by atoms with Crippen LogP contribution in [-0.2, 0) is 9.22 Å². The number of carbonyl (C=O) groups excluding carboxylic acids is 1. The first kappa shape index (κ1) is 23.4. The van der Waals surface area contributed by atoms with Crippen molar-refractivity contribution >= 4 is 14.3 Å². The van der Waals surface area contributed by atoms with E-state index in [1.165, 1.54) is 77.0 Å². The average Bonchev–Trinajstić information content (AvgIpc) is 2.49. The summed E-state index contributed by atoms with van der Waals surface area (Å²) in [6.07, 6.45) is 22.0. The monoisotopic (exact) mass is 354 g/mol. The van der Waals surface area contributed by atoms with Gasteiger partial charge in [-0.25, -0.2) is 0 Å². The van der Waals surface area contributed by atoms with Crippen LogP contribution in [0.2, 0.25) is 19.6 Å². The number of carbonyl (C=O) groups is 1. The molecule has 0 aromatic carbocycles. The summed E-state index contributed by atoms with van der Waals surface area (Å²) in [5.41, 5.74) is 0. The van der Waals surface area contributed by atoms with Gasteiger partial charge in [-0.1, -0.05) is 70.4 Å². The van der Waals surface area contributed by atoms with E-state index < -0.39 is 8.32 Å². The Hall–Kier alpha value is -0.573. The maximum absolute atomic E-state index is 11.6. The molecule has 0 fully saturated rings. The maximum atomic E-state index is 11.6. The van der Waals surface area contributed by atoms with Crippen molar-refractivity contribution in [3.05, 3.63) is 12.2 Å². The third kappa shape index (κ3) is 19.5. The highest BCUT2D eigenvalue weighted by Gasteiger charge is 2.19. The molecule has 0 bridgehead atoms. The molecule has 142 valence electrons. The van der Waals surface area contributed by atoms with Gasteiger partial charge in [0, 0.05) is 6.42 Å². The Morgan fingerprint density at radius 2 is 1.21 bits per heavy atom. The van der Waals surface area contributed by atoms with Gasteiger partial charge in [-0.15, -0.1) is 0 Å². The summed E-state index contributed by atoms with van der Waals surface area (Å²) in [6.45, 7) is 8.45. The van der Waals surface area contributed by atoms with E-state index in [9.17, 15) is 4.79 Å². The highest BCUT2D eigenvalue weighted by molar-refractivity contribution is 6.71. The molecule has 0 aliphatic rings. The SMILES string of the molecule is CCCCCC/C=C\CCCCCCCCCC(=O)O[Si](C)(C)C. The van der Waals surface area contributed by atoms with E-state index in [0.29, 0.717) is 6.42 Å². The molecule has 0 aromatic rings.